The number of pyridine rings is 2. The van der Waals surface area contributed by atoms with Crippen molar-refractivity contribution in [3.63, 3.8) is 0 Å². The monoisotopic (exact) mass is 483 g/mol. The smallest absolute Gasteiger partial charge is 0.231 e. The van der Waals surface area contributed by atoms with Gasteiger partial charge in [-0.3, -0.25) is 9.97 Å². The van der Waals surface area contributed by atoms with Gasteiger partial charge in [0.2, 0.25) is 6.79 Å². The lowest BCUT2D eigenvalue weighted by atomic mass is 9.96. The summed E-state index contributed by atoms with van der Waals surface area (Å²) in [6, 6.07) is 18.2. The van der Waals surface area contributed by atoms with Crippen LogP contribution in [0.3, 0.4) is 0 Å². The Bertz CT molecular complexity index is 1390. The van der Waals surface area contributed by atoms with Crippen molar-refractivity contribution in [2.24, 2.45) is 0 Å². The summed E-state index contributed by atoms with van der Waals surface area (Å²) in [5.74, 6) is 1.48. The van der Waals surface area contributed by atoms with E-state index >= 15 is 0 Å². The van der Waals surface area contributed by atoms with E-state index in [1.54, 1.807) is 0 Å². The molecule has 1 aromatic carbocycles. The fraction of sp³-hybridized carbons (Fsp3) is 0.222. The number of nitrogens with one attached hydrogen (secondary N) is 1. The maximum absolute atomic E-state index is 5.89. The highest BCUT2D eigenvalue weighted by atomic mass is 32.1. The van der Waals surface area contributed by atoms with Gasteiger partial charge in [-0.05, 0) is 79.7 Å². The van der Waals surface area contributed by atoms with Gasteiger partial charge in [0.05, 0.1) is 17.8 Å². The molecule has 0 aliphatic carbocycles. The van der Waals surface area contributed by atoms with Crippen LogP contribution in [-0.2, 0) is 6.54 Å². The molecule has 2 aliphatic heterocycles. The Morgan fingerprint density at radius 1 is 1.00 bits per heavy atom. The van der Waals surface area contributed by atoms with Gasteiger partial charge in [0.1, 0.15) is 0 Å². The van der Waals surface area contributed by atoms with Crippen LogP contribution in [0.1, 0.15) is 40.3 Å². The van der Waals surface area contributed by atoms with Crippen LogP contribution in [0.25, 0.3) is 0 Å². The second kappa shape index (κ2) is 8.70. The Balaban J connectivity index is 1.46. The number of fused-ring (bicyclic) bond motifs is 1. The summed E-state index contributed by atoms with van der Waals surface area (Å²) in [6.07, 6.45) is 5.50. The van der Waals surface area contributed by atoms with E-state index in [0.717, 1.165) is 29.4 Å². The van der Waals surface area contributed by atoms with Gasteiger partial charge in [0, 0.05) is 48.3 Å². The lowest BCUT2D eigenvalue weighted by Crippen LogP contribution is -2.29. The van der Waals surface area contributed by atoms with E-state index in [0.29, 0.717) is 5.11 Å². The quantitative estimate of drug-likeness (QED) is 0.407. The first-order chi connectivity index (χ1) is 17.1. The minimum atomic E-state index is -0.107. The van der Waals surface area contributed by atoms with Gasteiger partial charge < -0.3 is 24.3 Å². The number of hydrogen-bond donors (Lipinski definition) is 1. The molecule has 1 saturated heterocycles. The third-order valence-electron chi connectivity index (χ3n) is 6.75. The van der Waals surface area contributed by atoms with Crippen LogP contribution in [0, 0.1) is 13.8 Å². The first-order valence-electron chi connectivity index (χ1n) is 11.6. The van der Waals surface area contributed by atoms with Crippen LogP contribution < -0.4 is 19.7 Å². The van der Waals surface area contributed by atoms with E-state index in [1.807, 2.05) is 55.0 Å². The highest BCUT2D eigenvalue weighted by Crippen LogP contribution is 2.45. The first-order valence-corrected chi connectivity index (χ1v) is 12.0. The number of thiocarbonyl (C=S) groups is 1. The number of benzene rings is 1. The Morgan fingerprint density at radius 2 is 1.83 bits per heavy atom. The van der Waals surface area contributed by atoms with Crippen molar-refractivity contribution >= 4 is 23.0 Å². The van der Waals surface area contributed by atoms with Crippen molar-refractivity contribution in [2.75, 3.05) is 11.7 Å². The molecule has 0 saturated carbocycles. The van der Waals surface area contributed by atoms with Gasteiger partial charge >= 0.3 is 0 Å². The van der Waals surface area contributed by atoms with Gasteiger partial charge in [-0.1, -0.05) is 6.07 Å². The molecule has 0 unspecified atom stereocenters. The van der Waals surface area contributed by atoms with Gasteiger partial charge in [-0.2, -0.15) is 0 Å². The highest BCUT2D eigenvalue weighted by molar-refractivity contribution is 7.80. The number of rotatable bonds is 5. The highest BCUT2D eigenvalue weighted by Gasteiger charge is 2.42. The van der Waals surface area contributed by atoms with E-state index in [-0.39, 0.29) is 18.9 Å². The maximum Gasteiger partial charge on any atom is 0.231 e. The van der Waals surface area contributed by atoms with Crippen molar-refractivity contribution < 1.29 is 9.47 Å². The molecule has 1 fully saturated rings. The molecule has 4 aromatic rings. The molecule has 0 spiro atoms. The van der Waals surface area contributed by atoms with Crippen LogP contribution >= 0.6 is 12.2 Å². The molecule has 2 atom stereocenters. The largest absolute Gasteiger partial charge is 0.454 e. The third kappa shape index (κ3) is 3.80. The number of nitrogens with zero attached hydrogens (tertiary/aromatic N) is 4. The molecule has 8 heteroatoms. The van der Waals surface area contributed by atoms with Crippen molar-refractivity contribution in [2.45, 2.75) is 32.5 Å². The molecule has 0 bridgehead atoms. The predicted molar refractivity (Wildman–Crippen MR) is 138 cm³/mol. The van der Waals surface area contributed by atoms with Crippen LogP contribution in [0.2, 0.25) is 0 Å². The number of anilines is 1. The zero-order chi connectivity index (χ0) is 23.9. The Morgan fingerprint density at radius 3 is 2.63 bits per heavy atom. The summed E-state index contributed by atoms with van der Waals surface area (Å²) < 4.78 is 13.5. The molecule has 176 valence electrons. The lowest BCUT2D eigenvalue weighted by Gasteiger charge is -2.28. The van der Waals surface area contributed by atoms with Gasteiger partial charge in [0.25, 0.3) is 0 Å². The lowest BCUT2D eigenvalue weighted by molar-refractivity contribution is 0.174. The molecule has 3 aromatic heterocycles. The van der Waals surface area contributed by atoms with E-state index < -0.39 is 0 Å². The second-order valence-electron chi connectivity index (χ2n) is 8.80. The van der Waals surface area contributed by atoms with E-state index in [9.17, 15) is 0 Å². The molecular weight excluding hydrogens is 458 g/mol. The molecule has 0 radical (unpaired) electrons. The van der Waals surface area contributed by atoms with E-state index in [4.69, 9.17) is 21.7 Å². The Hall–Kier alpha value is -3.91. The van der Waals surface area contributed by atoms with Crippen molar-refractivity contribution in [1.82, 2.24) is 19.9 Å². The van der Waals surface area contributed by atoms with Crippen LogP contribution in [0.4, 0.5) is 5.69 Å². The second-order valence-corrected chi connectivity index (χ2v) is 9.19. The average Bonchev–Trinajstić information content (AvgIpc) is 3.56. The molecular formula is C27H25N5O2S. The topological polar surface area (TPSA) is 64.4 Å². The number of aromatic nitrogens is 3. The van der Waals surface area contributed by atoms with Crippen LogP contribution in [0.5, 0.6) is 11.5 Å². The molecule has 2 aliphatic rings. The molecule has 6 rings (SSSR count). The van der Waals surface area contributed by atoms with Gasteiger partial charge in [0.15, 0.2) is 16.6 Å². The predicted octanol–water partition coefficient (Wildman–Crippen LogP) is 4.85. The summed E-state index contributed by atoms with van der Waals surface area (Å²) in [6.45, 7) is 5.35. The van der Waals surface area contributed by atoms with Crippen LogP contribution in [-0.4, -0.2) is 26.4 Å². The average molecular weight is 484 g/mol. The minimum absolute atomic E-state index is 0.0878. The summed E-state index contributed by atoms with van der Waals surface area (Å²) in [7, 11) is 0. The summed E-state index contributed by atoms with van der Waals surface area (Å²) in [5.41, 5.74) is 6.70. The van der Waals surface area contributed by atoms with Crippen LogP contribution in [0.15, 0.2) is 73.2 Å². The number of aryl methyl sites for hydroxylation is 1. The molecule has 7 nitrogen and oxygen atoms in total. The molecule has 1 N–H and O–H groups in total. The van der Waals surface area contributed by atoms with E-state index in [2.05, 4.69) is 56.8 Å². The fourth-order valence-electron chi connectivity index (χ4n) is 5.03. The summed E-state index contributed by atoms with van der Waals surface area (Å²) in [4.78, 5) is 11.0. The molecule has 35 heavy (non-hydrogen) atoms. The maximum atomic E-state index is 5.89. The minimum Gasteiger partial charge on any atom is -0.454 e. The number of hydrogen-bond acceptors (Lipinski definition) is 5. The number of ether oxygens (including phenoxy) is 2. The fourth-order valence-corrected chi connectivity index (χ4v) is 5.37. The molecule has 5 heterocycles. The van der Waals surface area contributed by atoms with Gasteiger partial charge in [-0.25, -0.2) is 0 Å². The summed E-state index contributed by atoms with van der Waals surface area (Å²) in [5, 5.41) is 4.20. The zero-order valence-electron chi connectivity index (χ0n) is 19.5. The third-order valence-corrected chi connectivity index (χ3v) is 7.07. The Labute approximate surface area is 209 Å². The zero-order valence-corrected chi connectivity index (χ0v) is 20.3. The SMILES string of the molecule is Cc1cc([C@@H]2[C@@H](c3ccccn3)NC(=S)N2c2ccc3c(c2)OCO3)c(C)n1Cc1ccncc1. The van der Waals surface area contributed by atoms with Crippen molar-refractivity contribution in [3.8, 4) is 11.5 Å². The summed E-state index contributed by atoms with van der Waals surface area (Å²) >= 11 is 5.89. The Kier molecular flexibility index (Phi) is 5.37. The van der Waals surface area contributed by atoms with E-state index in [1.165, 1.54) is 22.5 Å². The molecule has 0 amide bonds. The van der Waals surface area contributed by atoms with Crippen molar-refractivity contribution in [1.29, 1.82) is 0 Å². The standard InChI is InChI=1S/C27H25N5O2S/c1-17-13-21(18(2)31(17)15-19-8-11-28-12-9-19)26-25(22-5-3-4-10-29-22)30-27(35)32(26)20-6-7-23-24(14-20)34-16-33-23/h3-14,25-26H,15-16H2,1-2H3,(H,30,35)/t25-,26-/m1/s1. The first kappa shape index (κ1) is 21.6. The normalized spacial score (nSPS) is 18.7. The van der Waals surface area contributed by atoms with Crippen molar-refractivity contribution in [3.05, 3.63) is 101 Å². The van der Waals surface area contributed by atoms with Gasteiger partial charge in [-0.15, -0.1) is 0 Å².